The van der Waals surface area contributed by atoms with Gasteiger partial charge in [0, 0.05) is 56.6 Å². The Labute approximate surface area is 173 Å². The van der Waals surface area contributed by atoms with Crippen LogP contribution in [0.25, 0.3) is 22.6 Å². The lowest BCUT2D eigenvalue weighted by Crippen LogP contribution is -2.01. The molecular weight excluding hydrogens is 383 g/mol. The van der Waals surface area contributed by atoms with Crippen LogP contribution < -0.4 is 0 Å². The minimum Gasteiger partial charge on any atom is -0.385 e. The van der Waals surface area contributed by atoms with Gasteiger partial charge in [0.2, 0.25) is 0 Å². The lowest BCUT2D eigenvalue weighted by molar-refractivity contribution is 0.189. The largest absolute Gasteiger partial charge is 0.385 e. The van der Waals surface area contributed by atoms with Gasteiger partial charge in [-0.05, 0) is 47.9 Å². The molecule has 4 aromatic rings. The summed E-state index contributed by atoms with van der Waals surface area (Å²) in [6.45, 7) is 1.35. The molecule has 1 aliphatic rings. The van der Waals surface area contributed by atoms with Crippen molar-refractivity contribution in [3.05, 3.63) is 66.1 Å². The third kappa shape index (κ3) is 3.54. The molecule has 0 spiro atoms. The van der Waals surface area contributed by atoms with E-state index in [2.05, 4.69) is 25.0 Å². The van der Waals surface area contributed by atoms with Crippen LogP contribution in [0.1, 0.15) is 35.8 Å². The van der Waals surface area contributed by atoms with Crippen LogP contribution in [0.4, 0.5) is 4.39 Å². The molecule has 1 saturated carbocycles. The number of rotatable bonds is 7. The minimum atomic E-state index is -0.285. The molecule has 1 aliphatic carbocycles. The monoisotopic (exact) mass is 404 g/mol. The highest BCUT2D eigenvalue weighted by atomic mass is 19.1. The van der Waals surface area contributed by atoms with Gasteiger partial charge in [-0.2, -0.15) is 5.10 Å². The molecule has 1 aromatic carbocycles. The number of methoxy groups -OCH3 is 1. The number of benzene rings is 1. The Kier molecular flexibility index (Phi) is 4.92. The van der Waals surface area contributed by atoms with E-state index in [0.717, 1.165) is 29.4 Å². The first-order valence-electron chi connectivity index (χ1n) is 9.98. The number of aromatic nitrogens is 6. The van der Waals surface area contributed by atoms with E-state index in [1.54, 1.807) is 25.6 Å². The summed E-state index contributed by atoms with van der Waals surface area (Å²) in [7, 11) is 1.67. The molecule has 3 heterocycles. The maximum Gasteiger partial charge on any atom is 0.197 e. The third-order valence-electron chi connectivity index (χ3n) is 5.50. The zero-order valence-electron chi connectivity index (χ0n) is 16.6. The van der Waals surface area contributed by atoms with Crippen LogP contribution in [-0.2, 0) is 11.3 Å². The number of aryl methyl sites for hydroxylation is 1. The molecule has 8 heteroatoms. The van der Waals surface area contributed by atoms with E-state index in [0.29, 0.717) is 42.2 Å². The van der Waals surface area contributed by atoms with Crippen molar-refractivity contribution >= 4 is 10.9 Å². The zero-order chi connectivity index (χ0) is 20.5. The molecule has 0 bridgehead atoms. The second kappa shape index (κ2) is 7.87. The predicted molar refractivity (Wildman–Crippen MR) is 109 cm³/mol. The number of halogens is 1. The van der Waals surface area contributed by atoms with Gasteiger partial charge in [0.25, 0.3) is 0 Å². The average molecular weight is 404 g/mol. The molecule has 0 aliphatic heterocycles. The smallest absolute Gasteiger partial charge is 0.197 e. The van der Waals surface area contributed by atoms with E-state index in [1.165, 1.54) is 6.07 Å². The van der Waals surface area contributed by atoms with Crippen molar-refractivity contribution in [3.63, 3.8) is 0 Å². The fourth-order valence-electron chi connectivity index (χ4n) is 3.92. The average Bonchev–Trinajstić information content (AvgIpc) is 3.46. The van der Waals surface area contributed by atoms with Crippen LogP contribution in [0, 0.1) is 5.82 Å². The van der Waals surface area contributed by atoms with E-state index >= 15 is 0 Å². The Bertz CT molecular complexity index is 1160. The van der Waals surface area contributed by atoms with Crippen molar-refractivity contribution < 1.29 is 9.13 Å². The lowest BCUT2D eigenvalue weighted by Gasteiger charge is -2.04. The fourth-order valence-corrected chi connectivity index (χ4v) is 3.92. The van der Waals surface area contributed by atoms with Crippen LogP contribution in [-0.4, -0.2) is 43.4 Å². The number of fused-ring (bicyclic) bond motifs is 1. The molecule has 3 aromatic heterocycles. The molecule has 0 unspecified atom stereocenters. The summed E-state index contributed by atoms with van der Waals surface area (Å²) in [5, 5.41) is 5.33. The Morgan fingerprint density at radius 2 is 1.83 bits per heavy atom. The second-order valence-corrected chi connectivity index (χ2v) is 7.50. The van der Waals surface area contributed by atoms with Gasteiger partial charge in [0.15, 0.2) is 17.5 Å². The van der Waals surface area contributed by atoms with Crippen LogP contribution >= 0.6 is 0 Å². The highest BCUT2D eigenvalue weighted by Gasteiger charge is 2.41. The molecule has 30 heavy (non-hydrogen) atoms. The van der Waals surface area contributed by atoms with Gasteiger partial charge in [-0.25, -0.2) is 24.3 Å². The van der Waals surface area contributed by atoms with Crippen molar-refractivity contribution in [1.29, 1.82) is 0 Å². The Hall–Kier alpha value is -3.26. The Balaban J connectivity index is 1.37. The number of ether oxygens (including phenoxy) is 1. The van der Waals surface area contributed by atoms with Crippen molar-refractivity contribution in [1.82, 2.24) is 29.7 Å². The van der Waals surface area contributed by atoms with Crippen LogP contribution in [0.3, 0.4) is 0 Å². The molecule has 0 amide bonds. The first-order valence-corrected chi connectivity index (χ1v) is 9.98. The quantitative estimate of drug-likeness (QED) is 0.437. The summed E-state index contributed by atoms with van der Waals surface area (Å²) in [6, 6.07) is 5.16. The molecule has 1 fully saturated rings. The van der Waals surface area contributed by atoms with Crippen LogP contribution in [0.15, 0.2) is 49.2 Å². The van der Waals surface area contributed by atoms with Crippen LogP contribution in [0.2, 0.25) is 0 Å². The van der Waals surface area contributed by atoms with E-state index in [-0.39, 0.29) is 5.82 Å². The summed E-state index contributed by atoms with van der Waals surface area (Å²) in [4.78, 5) is 17.2. The normalized spacial score (nSPS) is 18.1. The van der Waals surface area contributed by atoms with E-state index in [1.807, 2.05) is 29.3 Å². The summed E-state index contributed by atoms with van der Waals surface area (Å²) < 4.78 is 21.3. The SMILES string of the molecule is COCCCn1cc2c([C@@H]3C[C@@H]3c3cnc(-c4ncccn4)nc3)ccc(F)c2n1. The summed E-state index contributed by atoms with van der Waals surface area (Å²) in [6.07, 6.45) is 10.8. The second-order valence-electron chi connectivity index (χ2n) is 7.50. The number of hydrogen-bond acceptors (Lipinski definition) is 6. The maximum atomic E-state index is 14.3. The molecule has 7 nitrogen and oxygen atoms in total. The van der Waals surface area contributed by atoms with Gasteiger partial charge < -0.3 is 4.74 Å². The number of hydrogen-bond donors (Lipinski definition) is 0. The molecule has 0 radical (unpaired) electrons. The summed E-state index contributed by atoms with van der Waals surface area (Å²) in [5.74, 6) is 1.37. The van der Waals surface area contributed by atoms with Crippen molar-refractivity contribution in [3.8, 4) is 11.6 Å². The highest BCUT2D eigenvalue weighted by molar-refractivity contribution is 5.83. The lowest BCUT2D eigenvalue weighted by atomic mass is 10.0. The van der Waals surface area contributed by atoms with Crippen molar-refractivity contribution in [2.75, 3.05) is 13.7 Å². The fraction of sp³-hybridized carbons (Fsp3) is 0.318. The molecule has 0 N–H and O–H groups in total. The highest BCUT2D eigenvalue weighted by Crippen LogP contribution is 2.55. The summed E-state index contributed by atoms with van der Waals surface area (Å²) in [5.41, 5.74) is 2.64. The van der Waals surface area contributed by atoms with E-state index in [4.69, 9.17) is 4.74 Å². The topological polar surface area (TPSA) is 78.6 Å². The van der Waals surface area contributed by atoms with Crippen molar-refractivity contribution in [2.24, 2.45) is 0 Å². The zero-order valence-corrected chi connectivity index (χ0v) is 16.6. The molecule has 152 valence electrons. The van der Waals surface area contributed by atoms with Gasteiger partial charge in [-0.15, -0.1) is 0 Å². The number of nitrogens with zero attached hydrogens (tertiary/aromatic N) is 6. The predicted octanol–water partition coefficient (Wildman–Crippen LogP) is 3.73. The van der Waals surface area contributed by atoms with Gasteiger partial charge >= 0.3 is 0 Å². The first kappa shape index (κ1) is 18.7. The van der Waals surface area contributed by atoms with E-state index < -0.39 is 0 Å². The van der Waals surface area contributed by atoms with Gasteiger partial charge in [-0.3, -0.25) is 4.68 Å². The van der Waals surface area contributed by atoms with Crippen LogP contribution in [0.5, 0.6) is 0 Å². The standard InChI is InChI=1S/C22H21FN6O/c1-30-9-3-8-29-13-18-15(4-5-19(23)20(18)28-29)17-10-16(17)14-11-26-22(27-12-14)21-24-6-2-7-25-21/h2,4-7,11-13,16-17H,3,8-10H2,1H3/t16-,17+/m1/s1. The Morgan fingerprint density at radius 3 is 2.60 bits per heavy atom. The third-order valence-corrected chi connectivity index (χ3v) is 5.50. The first-order chi connectivity index (χ1) is 14.7. The Morgan fingerprint density at radius 1 is 1.07 bits per heavy atom. The van der Waals surface area contributed by atoms with Crippen molar-refractivity contribution in [2.45, 2.75) is 31.2 Å². The molecule has 0 saturated heterocycles. The maximum absolute atomic E-state index is 14.3. The minimum absolute atomic E-state index is 0.285. The molecular formula is C22H21FN6O. The molecule has 2 atom stereocenters. The van der Waals surface area contributed by atoms with Gasteiger partial charge in [0.05, 0.1) is 0 Å². The van der Waals surface area contributed by atoms with Gasteiger partial charge in [0.1, 0.15) is 5.52 Å². The van der Waals surface area contributed by atoms with Gasteiger partial charge in [-0.1, -0.05) is 6.07 Å². The summed E-state index contributed by atoms with van der Waals surface area (Å²) >= 11 is 0. The van der Waals surface area contributed by atoms with E-state index in [9.17, 15) is 4.39 Å². The molecule has 5 rings (SSSR count).